The molecular weight excluding hydrogens is 164 g/mol. The molecule has 0 bridgehead atoms. The van der Waals surface area contributed by atoms with Crippen LogP contribution >= 0.6 is 0 Å². The van der Waals surface area contributed by atoms with Crippen LogP contribution in [0.3, 0.4) is 0 Å². The second kappa shape index (κ2) is 1.94. The van der Waals surface area contributed by atoms with Gasteiger partial charge in [-0.3, -0.25) is 9.97 Å². The third-order valence-corrected chi connectivity index (χ3v) is 1.26. The molecule has 2 aromatic heterocycles. The zero-order valence-electron chi connectivity index (χ0n) is 5.74. The summed E-state index contributed by atoms with van der Waals surface area (Å²) in [5.41, 5.74) is 3.88. The minimum atomic E-state index is -0.669. The molecule has 0 spiro atoms. The molecule has 0 atom stereocenters. The molecule has 0 saturated carbocycles. The van der Waals surface area contributed by atoms with Gasteiger partial charge in [0.2, 0.25) is 11.7 Å². The summed E-state index contributed by atoms with van der Waals surface area (Å²) >= 11 is 0. The van der Waals surface area contributed by atoms with Gasteiger partial charge >= 0.3 is 11.4 Å². The zero-order chi connectivity index (χ0) is 8.72. The van der Waals surface area contributed by atoms with Gasteiger partial charge in [-0.15, -0.1) is 9.61 Å². The minimum absolute atomic E-state index is 0.0289. The Labute approximate surface area is 64.1 Å². The Bertz CT molecular complexity index is 532. The fourth-order valence-electron chi connectivity index (χ4n) is 0.833. The molecule has 0 aliphatic heterocycles. The van der Waals surface area contributed by atoms with Crippen LogP contribution in [0, 0.1) is 0 Å². The lowest BCUT2D eigenvalue weighted by Crippen LogP contribution is -2.28. The Hall–Kier alpha value is -2.12. The Kier molecular flexibility index (Phi) is 1.06. The second-order valence-electron chi connectivity index (χ2n) is 2.09. The molecule has 8 heteroatoms. The molecule has 0 aliphatic rings. The summed E-state index contributed by atoms with van der Waals surface area (Å²) in [7, 11) is 0. The topological polar surface area (TPSA) is 122 Å². The number of aromatic amines is 2. The largest absolute Gasteiger partial charge is 0.366 e. The van der Waals surface area contributed by atoms with E-state index in [4.69, 9.17) is 5.73 Å². The van der Waals surface area contributed by atoms with Gasteiger partial charge in [0.1, 0.15) is 0 Å². The maximum absolute atomic E-state index is 10.9. The van der Waals surface area contributed by atoms with Crippen molar-refractivity contribution in [3.63, 3.8) is 0 Å². The summed E-state index contributed by atoms with van der Waals surface area (Å²) in [5, 5.41) is 3.52. The van der Waals surface area contributed by atoms with Crippen LogP contribution in [-0.4, -0.2) is 24.6 Å². The molecule has 12 heavy (non-hydrogen) atoms. The van der Waals surface area contributed by atoms with Gasteiger partial charge in [-0.1, -0.05) is 0 Å². The van der Waals surface area contributed by atoms with Gasteiger partial charge in [-0.05, 0) is 0 Å². The third-order valence-electron chi connectivity index (χ3n) is 1.26. The first kappa shape index (κ1) is 6.58. The monoisotopic (exact) mass is 168 g/mol. The van der Waals surface area contributed by atoms with Crippen molar-refractivity contribution in [2.45, 2.75) is 0 Å². The van der Waals surface area contributed by atoms with Gasteiger partial charge in [0.05, 0.1) is 0 Å². The zero-order valence-corrected chi connectivity index (χ0v) is 5.74. The highest BCUT2D eigenvalue weighted by molar-refractivity contribution is 5.31. The first-order valence-corrected chi connectivity index (χ1v) is 3.01. The van der Waals surface area contributed by atoms with Crippen molar-refractivity contribution in [3.05, 3.63) is 21.0 Å². The normalized spacial score (nSPS) is 10.7. The van der Waals surface area contributed by atoms with Crippen molar-refractivity contribution < 1.29 is 0 Å². The molecule has 2 heterocycles. The van der Waals surface area contributed by atoms with E-state index < -0.39 is 11.4 Å². The van der Waals surface area contributed by atoms with Gasteiger partial charge in [0.15, 0.2) is 0 Å². The Morgan fingerprint density at radius 3 is 2.83 bits per heavy atom. The Morgan fingerprint density at radius 2 is 2.08 bits per heavy atom. The Balaban J connectivity index is 3.08. The summed E-state index contributed by atoms with van der Waals surface area (Å²) in [6.07, 6.45) is 0. The maximum atomic E-state index is 10.9. The van der Waals surface area contributed by atoms with Crippen molar-refractivity contribution in [3.8, 4) is 0 Å². The summed E-state index contributed by atoms with van der Waals surface area (Å²) < 4.78 is 0.872. The number of fused-ring (bicyclic) bond motifs is 1. The Morgan fingerprint density at radius 1 is 1.33 bits per heavy atom. The van der Waals surface area contributed by atoms with Gasteiger partial charge in [0.25, 0.3) is 0 Å². The van der Waals surface area contributed by atoms with Crippen molar-refractivity contribution in [2.24, 2.45) is 0 Å². The van der Waals surface area contributed by atoms with Gasteiger partial charge in [-0.25, -0.2) is 9.59 Å². The highest BCUT2D eigenvalue weighted by Gasteiger charge is 2.03. The molecule has 0 aromatic carbocycles. The summed E-state index contributed by atoms with van der Waals surface area (Å²) in [5.74, 6) is -0.0383. The lowest BCUT2D eigenvalue weighted by atomic mass is 11.0. The number of aromatic nitrogens is 5. The van der Waals surface area contributed by atoms with E-state index in [1.54, 1.807) is 0 Å². The molecule has 62 valence electrons. The molecule has 0 unspecified atom stereocenters. The van der Waals surface area contributed by atoms with Crippen LogP contribution in [0.25, 0.3) is 5.78 Å². The van der Waals surface area contributed by atoms with E-state index in [-0.39, 0.29) is 11.7 Å². The number of hydrogen-bond acceptors (Lipinski definition) is 5. The van der Waals surface area contributed by atoms with Gasteiger partial charge < -0.3 is 5.73 Å². The number of rotatable bonds is 0. The van der Waals surface area contributed by atoms with Gasteiger partial charge in [0, 0.05) is 0 Å². The number of anilines is 1. The standard InChI is InChI=1S/C4H4N6O2/c5-1-6-2-7-3(11)8-4(12)10(2)9-1/h(H4,5,6,7,8,9,11,12). The van der Waals surface area contributed by atoms with E-state index >= 15 is 0 Å². The lowest BCUT2D eigenvalue weighted by Gasteiger charge is -1.85. The third kappa shape index (κ3) is 0.779. The second-order valence-corrected chi connectivity index (χ2v) is 2.09. The van der Waals surface area contributed by atoms with E-state index in [0.717, 1.165) is 4.52 Å². The van der Waals surface area contributed by atoms with Crippen molar-refractivity contribution >= 4 is 11.7 Å². The first-order valence-electron chi connectivity index (χ1n) is 3.01. The van der Waals surface area contributed by atoms with Crippen LogP contribution in [0.15, 0.2) is 9.59 Å². The van der Waals surface area contributed by atoms with E-state index in [1.807, 2.05) is 4.98 Å². The number of nitrogens with two attached hydrogens (primary N) is 1. The molecule has 0 aliphatic carbocycles. The number of nitrogens with one attached hydrogen (secondary N) is 2. The molecule has 0 saturated heterocycles. The lowest BCUT2D eigenvalue weighted by molar-refractivity contribution is 0.822. The SMILES string of the molecule is Nc1nc2[nH]c(=O)[nH]c(=O)n2n1. The van der Waals surface area contributed by atoms with Crippen molar-refractivity contribution in [1.82, 2.24) is 24.6 Å². The van der Waals surface area contributed by atoms with E-state index in [2.05, 4.69) is 15.1 Å². The smallest absolute Gasteiger partial charge is 0.353 e. The fourth-order valence-corrected chi connectivity index (χ4v) is 0.833. The number of nitrogen functional groups attached to an aromatic ring is 1. The van der Waals surface area contributed by atoms with Gasteiger partial charge in [-0.2, -0.15) is 4.98 Å². The fraction of sp³-hybridized carbons (Fsp3) is 0. The van der Waals surface area contributed by atoms with E-state index in [0.29, 0.717) is 0 Å². The van der Waals surface area contributed by atoms with Crippen LogP contribution in [0.5, 0.6) is 0 Å². The van der Waals surface area contributed by atoms with Crippen LogP contribution in [0.4, 0.5) is 5.95 Å². The molecule has 8 nitrogen and oxygen atoms in total. The molecule has 0 amide bonds. The molecule has 0 radical (unpaired) electrons. The quantitative estimate of drug-likeness (QED) is 0.408. The predicted molar refractivity (Wildman–Crippen MR) is 38.6 cm³/mol. The van der Waals surface area contributed by atoms with Crippen molar-refractivity contribution in [2.75, 3.05) is 5.73 Å². The van der Waals surface area contributed by atoms with E-state index in [1.165, 1.54) is 0 Å². The number of H-pyrrole nitrogens is 2. The summed E-state index contributed by atoms with van der Waals surface area (Å²) in [6.45, 7) is 0. The average Bonchev–Trinajstić information content (AvgIpc) is 2.29. The molecule has 2 rings (SSSR count). The highest BCUT2D eigenvalue weighted by Crippen LogP contribution is 1.89. The molecule has 4 N–H and O–H groups in total. The molecule has 0 fully saturated rings. The van der Waals surface area contributed by atoms with Crippen LogP contribution in [0.2, 0.25) is 0 Å². The first-order chi connectivity index (χ1) is 5.66. The number of hydrogen-bond donors (Lipinski definition) is 3. The van der Waals surface area contributed by atoms with Crippen LogP contribution < -0.4 is 17.1 Å². The summed E-state index contributed by atoms with van der Waals surface area (Å²) in [6, 6.07) is 0. The maximum Gasteiger partial charge on any atom is 0.353 e. The predicted octanol–water partition coefficient (Wildman–Crippen LogP) is -2.31. The minimum Gasteiger partial charge on any atom is -0.366 e. The average molecular weight is 168 g/mol. The van der Waals surface area contributed by atoms with Crippen molar-refractivity contribution in [1.29, 1.82) is 0 Å². The van der Waals surface area contributed by atoms with Crippen LogP contribution in [-0.2, 0) is 0 Å². The highest BCUT2D eigenvalue weighted by atomic mass is 16.2. The summed E-state index contributed by atoms with van der Waals surface area (Å²) in [4.78, 5) is 29.4. The van der Waals surface area contributed by atoms with E-state index in [9.17, 15) is 9.59 Å². The molecule has 2 aromatic rings. The van der Waals surface area contributed by atoms with Crippen LogP contribution in [0.1, 0.15) is 0 Å². The number of nitrogens with zero attached hydrogens (tertiary/aromatic N) is 3. The molecular formula is C4H4N6O2.